The van der Waals surface area contributed by atoms with Crippen molar-refractivity contribution in [1.29, 1.82) is 0 Å². The Morgan fingerprint density at radius 2 is 2.11 bits per heavy atom. The van der Waals surface area contributed by atoms with Crippen LogP contribution in [0.1, 0.15) is 47.5 Å². The van der Waals surface area contributed by atoms with Gasteiger partial charge in [0.1, 0.15) is 11.2 Å². The van der Waals surface area contributed by atoms with Gasteiger partial charge in [-0.3, -0.25) is 9.59 Å². The van der Waals surface area contributed by atoms with Crippen molar-refractivity contribution in [2.24, 2.45) is 0 Å². The summed E-state index contributed by atoms with van der Waals surface area (Å²) in [6, 6.07) is 1.46. The van der Waals surface area contributed by atoms with Crippen molar-refractivity contribution < 1.29 is 19.5 Å². The predicted molar refractivity (Wildman–Crippen MR) is 67.1 cm³/mol. The number of hydrogen-bond acceptors (Lipinski definition) is 3. The number of rotatable bonds is 3. The maximum atomic E-state index is 12.3. The lowest BCUT2D eigenvalue weighted by molar-refractivity contribution is -0.147. The van der Waals surface area contributed by atoms with Crippen LogP contribution in [0.2, 0.25) is 0 Å². The number of carboxylic acid groups (broad SMARTS) is 1. The van der Waals surface area contributed by atoms with Crippen LogP contribution in [0.25, 0.3) is 0 Å². The Kier molecular flexibility index (Phi) is 3.18. The van der Waals surface area contributed by atoms with E-state index in [1.807, 2.05) is 0 Å². The van der Waals surface area contributed by atoms with Crippen molar-refractivity contribution >= 4 is 17.7 Å². The van der Waals surface area contributed by atoms with Gasteiger partial charge in [-0.05, 0) is 32.8 Å². The summed E-state index contributed by atoms with van der Waals surface area (Å²) >= 11 is 0. The second kappa shape index (κ2) is 4.53. The molecule has 0 aliphatic carbocycles. The summed E-state index contributed by atoms with van der Waals surface area (Å²) in [7, 11) is 0. The number of carboxylic acids is 1. The van der Waals surface area contributed by atoms with Gasteiger partial charge in [-0.2, -0.15) is 0 Å². The summed E-state index contributed by atoms with van der Waals surface area (Å²) in [6.45, 7) is 3.37. The number of nitrogens with one attached hydrogen (secondary N) is 1. The molecular weight excluding hydrogens is 248 g/mol. The summed E-state index contributed by atoms with van der Waals surface area (Å²) < 4.78 is 0. The van der Waals surface area contributed by atoms with Crippen molar-refractivity contribution in [3.63, 3.8) is 0 Å². The molecule has 1 aliphatic rings. The van der Waals surface area contributed by atoms with Gasteiger partial charge in [0.15, 0.2) is 5.78 Å². The maximum absolute atomic E-state index is 12.3. The van der Waals surface area contributed by atoms with Gasteiger partial charge in [0.05, 0.1) is 0 Å². The van der Waals surface area contributed by atoms with Gasteiger partial charge in [0.2, 0.25) is 0 Å². The Balaban J connectivity index is 2.28. The zero-order valence-electron chi connectivity index (χ0n) is 10.9. The minimum atomic E-state index is -1.17. The van der Waals surface area contributed by atoms with E-state index in [0.29, 0.717) is 24.9 Å². The number of aliphatic carboxylic acids is 1. The quantitative estimate of drug-likeness (QED) is 0.805. The number of aromatic nitrogens is 1. The lowest BCUT2D eigenvalue weighted by Crippen LogP contribution is -2.50. The molecule has 6 heteroatoms. The van der Waals surface area contributed by atoms with Crippen molar-refractivity contribution in [2.75, 3.05) is 6.54 Å². The first-order chi connectivity index (χ1) is 8.86. The van der Waals surface area contributed by atoms with E-state index in [9.17, 15) is 19.5 Å². The first kappa shape index (κ1) is 13.3. The summed E-state index contributed by atoms with van der Waals surface area (Å²) in [4.78, 5) is 38.9. The van der Waals surface area contributed by atoms with Crippen molar-refractivity contribution in [2.45, 2.75) is 32.2 Å². The summed E-state index contributed by atoms with van der Waals surface area (Å²) in [5.41, 5.74) is -0.502. The number of nitrogens with zero attached hydrogens (tertiary/aromatic N) is 1. The SMILES string of the molecule is CC(=O)c1c[nH]c(C(=O)N2CCCC2(C)C(=O)O)c1. The zero-order valence-corrected chi connectivity index (χ0v) is 10.9. The summed E-state index contributed by atoms with van der Waals surface area (Å²) in [5, 5.41) is 9.27. The smallest absolute Gasteiger partial charge is 0.329 e. The van der Waals surface area contributed by atoms with Crippen LogP contribution < -0.4 is 0 Å². The standard InChI is InChI=1S/C13H16N2O4/c1-8(16)9-6-10(14-7-9)11(17)15-5-3-4-13(15,2)12(18)19/h6-7,14H,3-5H2,1-2H3,(H,18,19). The second-order valence-corrected chi connectivity index (χ2v) is 5.00. The van der Waals surface area contributed by atoms with Crippen LogP contribution in [0, 0.1) is 0 Å². The molecule has 1 aliphatic heterocycles. The molecule has 0 radical (unpaired) electrons. The number of aromatic amines is 1. The van der Waals surface area contributed by atoms with E-state index in [2.05, 4.69) is 4.98 Å². The number of hydrogen-bond donors (Lipinski definition) is 2. The largest absolute Gasteiger partial charge is 0.480 e. The Morgan fingerprint density at radius 1 is 1.42 bits per heavy atom. The van der Waals surface area contributed by atoms with Gasteiger partial charge in [0.25, 0.3) is 5.91 Å². The van der Waals surface area contributed by atoms with Gasteiger partial charge in [-0.25, -0.2) is 4.79 Å². The molecule has 1 aromatic heterocycles. The minimum Gasteiger partial charge on any atom is -0.480 e. The third kappa shape index (κ3) is 2.14. The van der Waals surface area contributed by atoms with Crippen molar-refractivity contribution in [3.05, 3.63) is 23.5 Å². The minimum absolute atomic E-state index is 0.141. The fraction of sp³-hybridized carbons (Fsp3) is 0.462. The third-order valence-corrected chi connectivity index (χ3v) is 3.67. The van der Waals surface area contributed by atoms with Gasteiger partial charge in [0, 0.05) is 18.3 Å². The molecule has 0 spiro atoms. The molecule has 2 heterocycles. The molecule has 19 heavy (non-hydrogen) atoms. The van der Waals surface area contributed by atoms with Gasteiger partial charge >= 0.3 is 5.97 Å². The van der Waals surface area contributed by atoms with Gasteiger partial charge < -0.3 is 15.0 Å². The van der Waals surface area contributed by atoms with Crippen LogP contribution in [-0.4, -0.2) is 44.7 Å². The average Bonchev–Trinajstić information content (AvgIpc) is 2.95. The van der Waals surface area contributed by atoms with E-state index in [1.54, 1.807) is 6.92 Å². The lowest BCUT2D eigenvalue weighted by atomic mass is 9.99. The Bertz CT molecular complexity index is 549. The molecule has 1 aromatic rings. The Morgan fingerprint density at radius 3 is 2.63 bits per heavy atom. The molecule has 1 amide bonds. The number of likely N-dealkylation sites (tertiary alicyclic amines) is 1. The van der Waals surface area contributed by atoms with Crippen molar-refractivity contribution in [1.82, 2.24) is 9.88 Å². The van der Waals surface area contributed by atoms with E-state index in [1.165, 1.54) is 24.1 Å². The molecular formula is C13H16N2O4. The Labute approximate surface area is 110 Å². The summed E-state index contributed by atoms with van der Waals surface area (Å²) in [5.74, 6) is -1.52. The van der Waals surface area contributed by atoms with Crippen molar-refractivity contribution in [3.8, 4) is 0 Å². The van der Waals surface area contributed by atoms with Crippen LogP contribution in [0.4, 0.5) is 0 Å². The van der Waals surface area contributed by atoms with Gasteiger partial charge in [-0.15, -0.1) is 0 Å². The molecule has 1 fully saturated rings. The fourth-order valence-electron chi connectivity index (χ4n) is 2.38. The van der Waals surface area contributed by atoms with E-state index < -0.39 is 11.5 Å². The third-order valence-electron chi connectivity index (χ3n) is 3.67. The van der Waals surface area contributed by atoms with E-state index in [0.717, 1.165) is 0 Å². The highest BCUT2D eigenvalue weighted by Gasteiger charge is 2.46. The maximum Gasteiger partial charge on any atom is 0.329 e. The van der Waals surface area contributed by atoms with Crippen LogP contribution >= 0.6 is 0 Å². The molecule has 0 aromatic carbocycles. The fourth-order valence-corrected chi connectivity index (χ4v) is 2.38. The van der Waals surface area contributed by atoms with E-state index in [4.69, 9.17) is 0 Å². The average molecular weight is 264 g/mol. The highest BCUT2D eigenvalue weighted by molar-refractivity contribution is 6.00. The molecule has 102 valence electrons. The monoisotopic (exact) mass is 264 g/mol. The Hall–Kier alpha value is -2.11. The number of carbonyl (C=O) groups excluding carboxylic acids is 2. The molecule has 1 saturated heterocycles. The predicted octanol–water partition coefficient (Wildman–Crippen LogP) is 1.30. The normalized spacial score (nSPS) is 22.5. The molecule has 1 unspecified atom stereocenters. The zero-order chi connectivity index (χ0) is 14.2. The molecule has 0 bridgehead atoms. The topological polar surface area (TPSA) is 90.5 Å². The van der Waals surface area contributed by atoms with Crippen LogP contribution in [-0.2, 0) is 4.79 Å². The molecule has 6 nitrogen and oxygen atoms in total. The number of carbonyl (C=O) groups is 3. The second-order valence-electron chi connectivity index (χ2n) is 5.00. The number of H-pyrrole nitrogens is 1. The highest BCUT2D eigenvalue weighted by atomic mass is 16.4. The van der Waals surface area contributed by atoms with E-state index in [-0.39, 0.29) is 17.4 Å². The van der Waals surface area contributed by atoms with Crippen LogP contribution in [0.5, 0.6) is 0 Å². The first-order valence-electron chi connectivity index (χ1n) is 6.11. The first-order valence-corrected chi connectivity index (χ1v) is 6.11. The highest BCUT2D eigenvalue weighted by Crippen LogP contribution is 2.30. The van der Waals surface area contributed by atoms with Crippen LogP contribution in [0.3, 0.4) is 0 Å². The molecule has 1 atom stereocenters. The molecule has 2 rings (SSSR count). The summed E-state index contributed by atoms with van der Waals surface area (Å²) in [6.07, 6.45) is 2.56. The number of Topliss-reactive ketones (excluding diaryl/α,β-unsaturated/α-hetero) is 1. The van der Waals surface area contributed by atoms with Gasteiger partial charge in [-0.1, -0.05) is 0 Å². The number of amides is 1. The lowest BCUT2D eigenvalue weighted by Gasteiger charge is -2.30. The number of ketones is 1. The molecule has 0 saturated carbocycles. The molecule has 2 N–H and O–H groups in total. The van der Waals surface area contributed by atoms with E-state index >= 15 is 0 Å². The van der Waals surface area contributed by atoms with Crippen LogP contribution in [0.15, 0.2) is 12.3 Å².